The Hall–Kier alpha value is -0.940. The van der Waals surface area contributed by atoms with Gasteiger partial charge in [-0.1, -0.05) is 12.8 Å². The summed E-state index contributed by atoms with van der Waals surface area (Å²) in [5, 5.41) is 17.4. The average molecular weight is 238 g/mol. The monoisotopic (exact) mass is 238 g/mol. The fraction of sp³-hybridized carbons (Fsp3) is 0.833. The zero-order valence-electron chi connectivity index (χ0n) is 10.5. The van der Waals surface area contributed by atoms with Crippen LogP contribution in [-0.4, -0.2) is 32.5 Å². The highest BCUT2D eigenvalue weighted by molar-refractivity contribution is 4.84. The molecule has 0 bridgehead atoms. The van der Waals surface area contributed by atoms with Gasteiger partial charge in [0.1, 0.15) is 12.2 Å². The molecular formula is C12H22N4O. The molecule has 17 heavy (non-hydrogen) atoms. The van der Waals surface area contributed by atoms with Crippen LogP contribution in [0.1, 0.15) is 38.4 Å². The van der Waals surface area contributed by atoms with E-state index < -0.39 is 0 Å². The zero-order chi connectivity index (χ0) is 12.1. The first-order valence-corrected chi connectivity index (χ1v) is 6.56. The lowest BCUT2D eigenvalue weighted by Gasteiger charge is -2.27. The van der Waals surface area contributed by atoms with Crippen molar-refractivity contribution in [1.29, 1.82) is 0 Å². The summed E-state index contributed by atoms with van der Waals surface area (Å²) < 4.78 is 1.89. The molecule has 1 aliphatic rings. The van der Waals surface area contributed by atoms with Gasteiger partial charge in [0.2, 0.25) is 0 Å². The Morgan fingerprint density at radius 1 is 1.47 bits per heavy atom. The first kappa shape index (κ1) is 12.5. The summed E-state index contributed by atoms with van der Waals surface area (Å²) in [5.41, 5.74) is 0. The lowest BCUT2D eigenvalue weighted by atomic mass is 9.86. The van der Waals surface area contributed by atoms with Crippen LogP contribution < -0.4 is 5.32 Å². The molecular weight excluding hydrogens is 216 g/mol. The molecule has 0 aromatic carbocycles. The quantitative estimate of drug-likeness (QED) is 0.801. The Bertz CT molecular complexity index is 339. The molecule has 1 saturated carbocycles. The molecule has 2 rings (SSSR count). The summed E-state index contributed by atoms with van der Waals surface area (Å²) in [7, 11) is 0. The van der Waals surface area contributed by atoms with Gasteiger partial charge in [0.15, 0.2) is 0 Å². The third-order valence-corrected chi connectivity index (χ3v) is 3.55. The summed E-state index contributed by atoms with van der Waals surface area (Å²) in [6, 6.07) is 0. The highest BCUT2D eigenvalue weighted by Gasteiger charge is 2.22. The summed E-state index contributed by atoms with van der Waals surface area (Å²) in [4.78, 5) is 4.22. The summed E-state index contributed by atoms with van der Waals surface area (Å²) in [6.45, 7) is 4.51. The molecule has 1 aliphatic carbocycles. The summed E-state index contributed by atoms with van der Waals surface area (Å²) in [5.74, 6) is 1.37. The maximum atomic E-state index is 9.85. The fourth-order valence-electron chi connectivity index (χ4n) is 2.48. The van der Waals surface area contributed by atoms with Gasteiger partial charge >= 0.3 is 0 Å². The van der Waals surface area contributed by atoms with E-state index in [-0.39, 0.29) is 6.10 Å². The van der Waals surface area contributed by atoms with E-state index in [2.05, 4.69) is 22.3 Å². The third kappa shape index (κ3) is 3.26. The van der Waals surface area contributed by atoms with Gasteiger partial charge in [-0.2, -0.15) is 5.10 Å². The smallest absolute Gasteiger partial charge is 0.140 e. The average Bonchev–Trinajstić information content (AvgIpc) is 2.79. The van der Waals surface area contributed by atoms with Crippen molar-refractivity contribution in [3.8, 4) is 0 Å². The molecule has 2 N–H and O–H groups in total. The Morgan fingerprint density at radius 2 is 2.29 bits per heavy atom. The van der Waals surface area contributed by atoms with Crippen molar-refractivity contribution in [3.05, 3.63) is 12.2 Å². The minimum atomic E-state index is -0.125. The van der Waals surface area contributed by atoms with E-state index in [9.17, 15) is 5.11 Å². The molecule has 0 amide bonds. The maximum Gasteiger partial charge on any atom is 0.140 e. The molecule has 96 valence electrons. The van der Waals surface area contributed by atoms with Crippen molar-refractivity contribution >= 4 is 0 Å². The van der Waals surface area contributed by atoms with Crippen LogP contribution in [0.5, 0.6) is 0 Å². The number of aromatic nitrogens is 3. The Morgan fingerprint density at radius 3 is 3.06 bits per heavy atom. The van der Waals surface area contributed by atoms with E-state index in [1.165, 1.54) is 12.8 Å². The largest absolute Gasteiger partial charge is 0.393 e. The number of hydrogen-bond donors (Lipinski definition) is 2. The van der Waals surface area contributed by atoms with Gasteiger partial charge < -0.3 is 10.4 Å². The van der Waals surface area contributed by atoms with Crippen LogP contribution >= 0.6 is 0 Å². The zero-order valence-corrected chi connectivity index (χ0v) is 10.5. The number of aliphatic hydroxyl groups excluding tert-OH is 1. The standard InChI is InChI=1S/C12H22N4O/c1-2-16-12(14-9-15-16)8-13-7-10-5-3-4-6-11(10)17/h9-11,13,17H,2-8H2,1H3. The van der Waals surface area contributed by atoms with Crippen LogP contribution in [0.3, 0.4) is 0 Å². The molecule has 2 atom stereocenters. The molecule has 1 aromatic rings. The van der Waals surface area contributed by atoms with Gasteiger partial charge in [-0.25, -0.2) is 9.67 Å². The molecule has 5 heteroatoms. The first-order chi connectivity index (χ1) is 8.31. The Balaban J connectivity index is 1.75. The van der Waals surface area contributed by atoms with Crippen molar-refractivity contribution in [2.45, 2.75) is 51.8 Å². The summed E-state index contributed by atoms with van der Waals surface area (Å²) >= 11 is 0. The van der Waals surface area contributed by atoms with Crippen LogP contribution in [0.25, 0.3) is 0 Å². The van der Waals surface area contributed by atoms with E-state index in [1.807, 2.05) is 4.68 Å². The van der Waals surface area contributed by atoms with Crippen molar-refractivity contribution < 1.29 is 5.11 Å². The van der Waals surface area contributed by atoms with Crippen LogP contribution in [0.15, 0.2) is 6.33 Å². The van der Waals surface area contributed by atoms with Crippen LogP contribution in [-0.2, 0) is 13.1 Å². The maximum absolute atomic E-state index is 9.85. The molecule has 0 spiro atoms. The molecule has 0 aliphatic heterocycles. The molecule has 2 unspecified atom stereocenters. The van der Waals surface area contributed by atoms with Gasteiger partial charge in [-0.15, -0.1) is 0 Å². The second-order valence-electron chi connectivity index (χ2n) is 4.73. The normalized spacial score (nSPS) is 25.1. The van der Waals surface area contributed by atoms with E-state index in [1.54, 1.807) is 6.33 Å². The van der Waals surface area contributed by atoms with Crippen LogP contribution in [0, 0.1) is 5.92 Å². The molecule has 0 radical (unpaired) electrons. The Kier molecular flexibility index (Phi) is 4.50. The number of nitrogens with one attached hydrogen (secondary N) is 1. The van der Waals surface area contributed by atoms with Crippen molar-refractivity contribution in [2.75, 3.05) is 6.54 Å². The lowest BCUT2D eigenvalue weighted by molar-refractivity contribution is 0.0693. The van der Waals surface area contributed by atoms with Gasteiger partial charge in [0.25, 0.3) is 0 Å². The van der Waals surface area contributed by atoms with Crippen LogP contribution in [0.2, 0.25) is 0 Å². The van der Waals surface area contributed by atoms with E-state index in [4.69, 9.17) is 0 Å². The van der Waals surface area contributed by atoms with Crippen molar-refractivity contribution in [3.63, 3.8) is 0 Å². The fourth-order valence-corrected chi connectivity index (χ4v) is 2.48. The minimum Gasteiger partial charge on any atom is -0.393 e. The van der Waals surface area contributed by atoms with Gasteiger partial charge in [0, 0.05) is 13.1 Å². The molecule has 1 heterocycles. The minimum absolute atomic E-state index is 0.125. The number of nitrogens with zero attached hydrogens (tertiary/aromatic N) is 3. The van der Waals surface area contributed by atoms with Crippen molar-refractivity contribution in [1.82, 2.24) is 20.1 Å². The highest BCUT2D eigenvalue weighted by atomic mass is 16.3. The molecule has 1 fully saturated rings. The molecule has 5 nitrogen and oxygen atoms in total. The molecule has 1 aromatic heterocycles. The van der Waals surface area contributed by atoms with E-state index >= 15 is 0 Å². The number of aryl methyl sites for hydroxylation is 1. The van der Waals surface area contributed by atoms with Gasteiger partial charge in [-0.3, -0.25) is 0 Å². The molecule has 0 saturated heterocycles. The van der Waals surface area contributed by atoms with Crippen LogP contribution in [0.4, 0.5) is 0 Å². The third-order valence-electron chi connectivity index (χ3n) is 3.55. The number of rotatable bonds is 5. The lowest BCUT2D eigenvalue weighted by Crippen LogP contribution is -2.34. The predicted molar refractivity (Wildman–Crippen MR) is 65.4 cm³/mol. The van der Waals surface area contributed by atoms with E-state index in [0.29, 0.717) is 5.92 Å². The second kappa shape index (κ2) is 6.12. The van der Waals surface area contributed by atoms with E-state index in [0.717, 1.165) is 38.3 Å². The van der Waals surface area contributed by atoms with Gasteiger partial charge in [-0.05, 0) is 25.7 Å². The number of hydrogen-bond acceptors (Lipinski definition) is 4. The van der Waals surface area contributed by atoms with Gasteiger partial charge in [0.05, 0.1) is 12.6 Å². The first-order valence-electron chi connectivity index (χ1n) is 6.56. The topological polar surface area (TPSA) is 63.0 Å². The predicted octanol–water partition coefficient (Wildman–Crippen LogP) is 0.939. The number of aliphatic hydroxyl groups is 1. The second-order valence-corrected chi connectivity index (χ2v) is 4.73. The summed E-state index contributed by atoms with van der Waals surface area (Å²) in [6.07, 6.45) is 5.97. The highest BCUT2D eigenvalue weighted by Crippen LogP contribution is 2.23. The Labute approximate surface area is 102 Å². The SMILES string of the molecule is CCn1ncnc1CNCC1CCCCC1O. The van der Waals surface area contributed by atoms with Crippen molar-refractivity contribution in [2.24, 2.45) is 5.92 Å².